The van der Waals surface area contributed by atoms with Crippen LogP contribution in [0.3, 0.4) is 0 Å². The summed E-state index contributed by atoms with van der Waals surface area (Å²) in [5, 5.41) is 5.60. The summed E-state index contributed by atoms with van der Waals surface area (Å²) in [6.45, 7) is 0. The van der Waals surface area contributed by atoms with Crippen LogP contribution in [-0.4, -0.2) is 16.5 Å². The second-order valence-electron chi connectivity index (χ2n) is 11.5. The van der Waals surface area contributed by atoms with Crippen molar-refractivity contribution < 1.29 is 22.4 Å². The van der Waals surface area contributed by atoms with Gasteiger partial charge in [-0.1, -0.05) is 29.4 Å². The van der Waals surface area contributed by atoms with Crippen molar-refractivity contribution in [1.29, 1.82) is 0 Å². The Morgan fingerprint density at radius 3 is 2.37 bits per heavy atom. The van der Waals surface area contributed by atoms with Crippen molar-refractivity contribution in [2.24, 2.45) is 5.41 Å². The number of benzene rings is 2. The summed E-state index contributed by atoms with van der Waals surface area (Å²) >= 11 is 1.86. The Balaban J connectivity index is 1.13. The Bertz CT molecular complexity index is 1430. The van der Waals surface area contributed by atoms with Gasteiger partial charge in [-0.25, -0.2) is 4.98 Å². The molecular weight excluding hydrogens is 509 g/mol. The number of nitrogens with zero attached hydrogens (tertiary/aromatic N) is 2. The first-order valence-corrected chi connectivity index (χ1v) is 14.3. The van der Waals surface area contributed by atoms with E-state index in [0.29, 0.717) is 17.2 Å². The molecule has 0 unspecified atom stereocenters. The maximum Gasteiger partial charge on any atom is 0.573 e. The van der Waals surface area contributed by atoms with Gasteiger partial charge in [-0.3, -0.25) is 0 Å². The number of alkyl halides is 3. The summed E-state index contributed by atoms with van der Waals surface area (Å²) in [7, 11) is 0. The molecule has 0 saturated heterocycles. The highest BCUT2D eigenvalue weighted by Crippen LogP contribution is 2.60. The first-order chi connectivity index (χ1) is 18.3. The third-order valence-corrected chi connectivity index (χ3v) is 10.5. The monoisotopic (exact) mass is 538 g/mol. The van der Waals surface area contributed by atoms with Gasteiger partial charge in [0.15, 0.2) is 0 Å². The number of rotatable bonds is 7. The molecule has 4 aromatic rings. The Morgan fingerprint density at radius 1 is 0.947 bits per heavy atom. The Morgan fingerprint density at radius 2 is 1.66 bits per heavy atom. The molecule has 4 saturated carbocycles. The van der Waals surface area contributed by atoms with Crippen LogP contribution in [-0.2, 0) is 11.8 Å². The zero-order valence-corrected chi connectivity index (χ0v) is 21.8. The van der Waals surface area contributed by atoms with Crippen molar-refractivity contribution >= 4 is 21.6 Å². The van der Waals surface area contributed by atoms with Crippen LogP contribution in [0.2, 0.25) is 0 Å². The summed E-state index contributed by atoms with van der Waals surface area (Å²) in [6.07, 6.45) is 6.03. The Kier molecular flexibility index (Phi) is 5.62. The predicted octanol–water partition coefficient (Wildman–Crippen LogP) is 8.95. The van der Waals surface area contributed by atoms with E-state index in [-0.39, 0.29) is 16.6 Å². The number of hydrogen-bond acceptors (Lipinski definition) is 5. The lowest BCUT2D eigenvalue weighted by Crippen LogP contribution is -2.44. The minimum absolute atomic E-state index is 0.195. The average Bonchev–Trinajstić information content (AvgIpc) is 3.51. The van der Waals surface area contributed by atoms with Gasteiger partial charge in [0.2, 0.25) is 0 Å². The van der Waals surface area contributed by atoms with Crippen molar-refractivity contribution in [1.82, 2.24) is 10.1 Å². The number of fused-ring (bicyclic) bond motifs is 4. The standard InChI is InChI=1S/C30H29F3N2O2S/c31-30(32,33)36-23-7-3-1-5-20(23)25-21(26(37-35-25)19-9-10-19)11-12-28-13-16-29(17-14-28,18-15-28)27-34-22-6-2-4-8-24(22)38-27/h1-8,19H,9-18H2. The molecule has 0 spiro atoms. The van der Waals surface area contributed by atoms with E-state index in [2.05, 4.69) is 34.2 Å². The fourth-order valence-corrected chi connectivity index (χ4v) is 8.01. The molecule has 4 aliphatic rings. The normalized spacial score (nSPS) is 25.2. The highest BCUT2D eigenvalue weighted by atomic mass is 32.1. The van der Waals surface area contributed by atoms with Crippen LogP contribution in [0.25, 0.3) is 21.5 Å². The summed E-state index contributed by atoms with van der Waals surface area (Å²) in [6, 6.07) is 14.7. The lowest BCUT2D eigenvalue weighted by molar-refractivity contribution is -0.274. The first kappa shape index (κ1) is 24.2. The average molecular weight is 539 g/mol. The topological polar surface area (TPSA) is 48.2 Å². The molecule has 198 valence electrons. The zero-order valence-electron chi connectivity index (χ0n) is 21.0. The van der Waals surface area contributed by atoms with Gasteiger partial charge in [-0.05, 0) is 93.9 Å². The summed E-state index contributed by atoms with van der Waals surface area (Å²) in [4.78, 5) is 5.04. The number of hydrogen-bond donors (Lipinski definition) is 0. The van der Waals surface area contributed by atoms with E-state index in [9.17, 15) is 13.2 Å². The third kappa shape index (κ3) is 4.31. The van der Waals surface area contributed by atoms with Gasteiger partial charge in [-0.2, -0.15) is 0 Å². The maximum atomic E-state index is 13.1. The summed E-state index contributed by atoms with van der Waals surface area (Å²) in [5.41, 5.74) is 3.37. The fourth-order valence-electron chi connectivity index (χ4n) is 6.77. The lowest BCUT2D eigenvalue weighted by atomic mass is 9.52. The Labute approximate surface area is 223 Å². The van der Waals surface area contributed by atoms with Gasteiger partial charge in [-0.15, -0.1) is 24.5 Å². The number of thiazole rings is 1. The van der Waals surface area contributed by atoms with Crippen molar-refractivity contribution in [3.05, 3.63) is 64.9 Å². The second-order valence-corrected chi connectivity index (χ2v) is 12.5. The van der Waals surface area contributed by atoms with Crippen LogP contribution in [0.4, 0.5) is 13.2 Å². The number of aromatic nitrogens is 2. The molecule has 2 bridgehead atoms. The van der Waals surface area contributed by atoms with Crippen molar-refractivity contribution in [3.8, 4) is 17.0 Å². The molecule has 0 aliphatic heterocycles. The highest BCUT2D eigenvalue weighted by Gasteiger charge is 2.50. The smallest absolute Gasteiger partial charge is 0.405 e. The molecule has 38 heavy (non-hydrogen) atoms. The van der Waals surface area contributed by atoms with E-state index in [1.54, 1.807) is 18.2 Å². The van der Waals surface area contributed by atoms with Crippen molar-refractivity contribution in [3.63, 3.8) is 0 Å². The Hall–Kier alpha value is -2.87. The molecular formula is C30H29F3N2O2S. The third-order valence-electron chi connectivity index (χ3n) is 9.19. The van der Waals surface area contributed by atoms with Crippen LogP contribution < -0.4 is 4.74 Å². The largest absolute Gasteiger partial charge is 0.573 e. The minimum Gasteiger partial charge on any atom is -0.405 e. The molecule has 8 rings (SSSR count). The predicted molar refractivity (Wildman–Crippen MR) is 140 cm³/mol. The van der Waals surface area contributed by atoms with E-state index >= 15 is 0 Å². The van der Waals surface area contributed by atoms with E-state index in [4.69, 9.17) is 9.51 Å². The molecule has 2 heterocycles. The first-order valence-electron chi connectivity index (χ1n) is 13.5. The quantitative estimate of drug-likeness (QED) is 0.236. The van der Waals surface area contributed by atoms with Gasteiger partial charge in [0.25, 0.3) is 0 Å². The van der Waals surface area contributed by atoms with Gasteiger partial charge in [0.1, 0.15) is 17.2 Å². The van der Waals surface area contributed by atoms with Gasteiger partial charge >= 0.3 is 6.36 Å². The van der Waals surface area contributed by atoms with E-state index in [0.717, 1.165) is 81.0 Å². The zero-order chi connectivity index (χ0) is 26.0. The van der Waals surface area contributed by atoms with Crippen molar-refractivity contribution in [2.75, 3.05) is 0 Å². The highest BCUT2D eigenvalue weighted by molar-refractivity contribution is 7.18. The molecule has 0 N–H and O–H groups in total. The van der Waals surface area contributed by atoms with Crippen LogP contribution in [0.15, 0.2) is 53.1 Å². The van der Waals surface area contributed by atoms with Crippen LogP contribution in [0, 0.1) is 5.41 Å². The lowest BCUT2D eigenvalue weighted by Gasteiger charge is -2.53. The summed E-state index contributed by atoms with van der Waals surface area (Å²) < 4.78 is 50.8. The molecule has 0 radical (unpaired) electrons. The SMILES string of the molecule is FC(F)(F)Oc1ccccc1-c1noc(C2CC2)c1CCC12CCC(c3nc4ccccc4s3)(CC1)CC2. The molecule has 2 aromatic carbocycles. The molecule has 2 aromatic heterocycles. The molecule has 8 heteroatoms. The van der Waals surface area contributed by atoms with E-state index < -0.39 is 6.36 Å². The van der Waals surface area contributed by atoms with E-state index in [1.807, 2.05) is 11.3 Å². The molecule has 0 amide bonds. The van der Waals surface area contributed by atoms with Crippen LogP contribution >= 0.6 is 11.3 Å². The maximum absolute atomic E-state index is 13.1. The number of para-hydroxylation sites is 2. The minimum atomic E-state index is -4.77. The fraction of sp³-hybridized carbons (Fsp3) is 0.467. The van der Waals surface area contributed by atoms with Gasteiger partial charge < -0.3 is 9.26 Å². The van der Waals surface area contributed by atoms with Gasteiger partial charge in [0, 0.05) is 22.5 Å². The molecule has 4 nitrogen and oxygen atoms in total. The second kappa shape index (κ2) is 8.83. The number of halogens is 3. The van der Waals surface area contributed by atoms with Crippen LogP contribution in [0.5, 0.6) is 5.75 Å². The van der Waals surface area contributed by atoms with Gasteiger partial charge in [0.05, 0.1) is 15.2 Å². The van der Waals surface area contributed by atoms with E-state index in [1.165, 1.54) is 15.8 Å². The molecule has 0 atom stereocenters. The number of ether oxygens (including phenoxy) is 1. The van der Waals surface area contributed by atoms with Crippen molar-refractivity contribution in [2.45, 2.75) is 81.9 Å². The molecule has 4 fully saturated rings. The summed E-state index contributed by atoms with van der Waals surface area (Å²) in [5.74, 6) is 0.948. The molecule has 4 aliphatic carbocycles. The van der Waals surface area contributed by atoms with Crippen LogP contribution in [0.1, 0.15) is 80.0 Å².